The van der Waals surface area contributed by atoms with Gasteiger partial charge in [-0.05, 0) is 18.4 Å². The Morgan fingerprint density at radius 1 is 1.25 bits per heavy atom. The first kappa shape index (κ1) is 27.0. The van der Waals surface area contributed by atoms with Crippen molar-refractivity contribution in [1.29, 1.82) is 0 Å². The van der Waals surface area contributed by atoms with E-state index in [0.717, 1.165) is 16.7 Å². The Labute approximate surface area is 205 Å². The van der Waals surface area contributed by atoms with Gasteiger partial charge in [0.2, 0.25) is 0 Å². The second kappa shape index (κ2) is 10.6. The molecule has 12 heteroatoms. The number of amides is 1. The van der Waals surface area contributed by atoms with Gasteiger partial charge in [0.1, 0.15) is 11.5 Å². The normalized spacial score (nSPS) is 20.8. The van der Waals surface area contributed by atoms with Crippen molar-refractivity contribution in [3.8, 4) is 0 Å². The minimum absolute atomic E-state index is 0.0157. The molecule has 0 aliphatic carbocycles. The number of aryl methyl sites for hydroxylation is 1. The molecule has 0 radical (unpaired) electrons. The summed E-state index contributed by atoms with van der Waals surface area (Å²) in [6.07, 6.45) is -2.24. The zero-order chi connectivity index (χ0) is 26.7. The number of hydrogen-bond acceptors (Lipinski definition) is 6. The van der Waals surface area contributed by atoms with Crippen molar-refractivity contribution in [2.24, 2.45) is 16.6 Å². The number of benzene rings is 1. The first-order valence-electron chi connectivity index (χ1n) is 11.1. The first-order valence-corrected chi connectivity index (χ1v) is 11.1. The zero-order valence-electron chi connectivity index (χ0n) is 20.0. The van der Waals surface area contributed by atoms with Gasteiger partial charge in [0.25, 0.3) is 11.8 Å². The number of aromatic nitrogens is 2. The molecule has 2 heterocycles. The van der Waals surface area contributed by atoms with Crippen LogP contribution in [0.2, 0.25) is 0 Å². The fraction of sp³-hybridized carbons (Fsp3) is 0.417. The Balaban J connectivity index is 1.89. The third-order valence-corrected chi connectivity index (χ3v) is 5.92. The third kappa shape index (κ3) is 6.35. The van der Waals surface area contributed by atoms with E-state index in [0.29, 0.717) is 17.3 Å². The van der Waals surface area contributed by atoms with Crippen LogP contribution >= 0.6 is 0 Å². The smallest absolute Gasteiger partial charge is 0.394 e. The number of nitrogens with one attached hydrogen (secondary N) is 1. The fourth-order valence-corrected chi connectivity index (χ4v) is 4.09. The quantitative estimate of drug-likeness (QED) is 0.346. The van der Waals surface area contributed by atoms with Gasteiger partial charge in [-0.15, -0.1) is 0 Å². The van der Waals surface area contributed by atoms with Gasteiger partial charge in [-0.2, -0.15) is 13.2 Å². The summed E-state index contributed by atoms with van der Waals surface area (Å²) in [5.74, 6) is -4.56. The highest BCUT2D eigenvalue weighted by Gasteiger charge is 2.46. The summed E-state index contributed by atoms with van der Waals surface area (Å²) < 4.78 is 67.2. The van der Waals surface area contributed by atoms with Gasteiger partial charge in [-0.1, -0.05) is 36.8 Å². The second-order valence-electron chi connectivity index (χ2n) is 8.78. The van der Waals surface area contributed by atoms with Crippen LogP contribution in [0.3, 0.4) is 0 Å². The molecule has 1 aliphatic rings. The summed E-state index contributed by atoms with van der Waals surface area (Å²) in [7, 11) is 1.50. The van der Waals surface area contributed by atoms with Crippen LogP contribution in [0.4, 0.5) is 27.8 Å². The number of aliphatic imine (C=N–C) groups is 1. The molecule has 2 unspecified atom stereocenters. The SMILES string of the molecule is CN=CC(=C(N)C(=O)N1CC(F)(F)CC(C)C1CNc1cnc(C(F)(F)F)cn1)c1ccc(C)cc1. The summed E-state index contributed by atoms with van der Waals surface area (Å²) in [5.41, 5.74) is 6.69. The van der Waals surface area contributed by atoms with Crippen LogP contribution in [0.15, 0.2) is 47.3 Å². The fourth-order valence-electron chi connectivity index (χ4n) is 4.09. The zero-order valence-corrected chi connectivity index (χ0v) is 20.0. The van der Waals surface area contributed by atoms with Gasteiger partial charge in [0, 0.05) is 31.8 Å². The summed E-state index contributed by atoms with van der Waals surface area (Å²) in [6, 6.07) is 6.42. The van der Waals surface area contributed by atoms with Crippen LogP contribution in [-0.4, -0.2) is 59.1 Å². The number of carbonyl (C=O) groups excluding carboxylic acids is 1. The number of halogens is 5. The van der Waals surface area contributed by atoms with Gasteiger partial charge in [0.15, 0.2) is 5.69 Å². The largest absolute Gasteiger partial charge is 0.434 e. The molecule has 3 N–H and O–H groups in total. The predicted molar refractivity (Wildman–Crippen MR) is 126 cm³/mol. The van der Waals surface area contributed by atoms with E-state index in [2.05, 4.69) is 20.3 Å². The Morgan fingerprint density at radius 2 is 1.92 bits per heavy atom. The molecule has 0 spiro atoms. The van der Waals surface area contributed by atoms with E-state index in [-0.39, 0.29) is 18.1 Å². The maximum Gasteiger partial charge on any atom is 0.434 e. The summed E-state index contributed by atoms with van der Waals surface area (Å²) in [5, 5.41) is 2.80. The third-order valence-electron chi connectivity index (χ3n) is 5.92. The maximum absolute atomic E-state index is 14.5. The monoisotopic (exact) mass is 510 g/mol. The molecule has 1 fully saturated rings. The van der Waals surface area contributed by atoms with Gasteiger partial charge >= 0.3 is 6.18 Å². The molecule has 2 aromatic rings. The lowest BCUT2D eigenvalue weighted by molar-refractivity contribution is -0.148. The summed E-state index contributed by atoms with van der Waals surface area (Å²) in [6.45, 7) is 2.57. The lowest BCUT2D eigenvalue weighted by Crippen LogP contribution is -2.58. The van der Waals surface area contributed by atoms with Crippen molar-refractivity contribution in [1.82, 2.24) is 14.9 Å². The molecule has 194 valence electrons. The minimum atomic E-state index is -4.64. The summed E-state index contributed by atoms with van der Waals surface area (Å²) in [4.78, 5) is 25.4. The highest BCUT2D eigenvalue weighted by Crippen LogP contribution is 2.35. The molecular weight excluding hydrogens is 483 g/mol. The number of rotatable bonds is 6. The van der Waals surface area contributed by atoms with Crippen molar-refractivity contribution in [3.63, 3.8) is 0 Å². The molecule has 1 amide bonds. The molecule has 1 saturated heterocycles. The molecule has 1 aliphatic heterocycles. The Morgan fingerprint density at radius 3 is 2.47 bits per heavy atom. The van der Waals surface area contributed by atoms with E-state index in [1.54, 1.807) is 19.1 Å². The van der Waals surface area contributed by atoms with E-state index >= 15 is 0 Å². The van der Waals surface area contributed by atoms with Gasteiger partial charge in [-0.25, -0.2) is 18.7 Å². The maximum atomic E-state index is 14.5. The van der Waals surface area contributed by atoms with Crippen LogP contribution < -0.4 is 11.1 Å². The lowest BCUT2D eigenvalue weighted by atomic mass is 9.88. The van der Waals surface area contributed by atoms with Crippen molar-refractivity contribution >= 4 is 23.5 Å². The topological polar surface area (TPSA) is 96.5 Å². The second-order valence-corrected chi connectivity index (χ2v) is 8.78. The average molecular weight is 511 g/mol. The highest BCUT2D eigenvalue weighted by atomic mass is 19.4. The van der Waals surface area contributed by atoms with Gasteiger partial charge in [-0.3, -0.25) is 9.79 Å². The number of allylic oxidation sites excluding steroid dienone is 1. The molecular formula is C24H27F5N6O. The van der Waals surface area contributed by atoms with Crippen molar-refractivity contribution in [2.75, 3.05) is 25.5 Å². The number of piperidine rings is 1. The predicted octanol–water partition coefficient (Wildman–Crippen LogP) is 4.16. The van der Waals surface area contributed by atoms with E-state index in [1.807, 2.05) is 19.1 Å². The van der Waals surface area contributed by atoms with E-state index in [1.165, 1.54) is 13.3 Å². The van der Waals surface area contributed by atoms with E-state index in [9.17, 15) is 26.7 Å². The number of hydrogen-bond donors (Lipinski definition) is 2. The molecule has 36 heavy (non-hydrogen) atoms. The minimum Gasteiger partial charge on any atom is -0.394 e. The van der Waals surface area contributed by atoms with Crippen LogP contribution in [0, 0.1) is 12.8 Å². The van der Waals surface area contributed by atoms with Crippen molar-refractivity contribution < 1.29 is 26.7 Å². The number of nitrogens with two attached hydrogens (primary N) is 1. The number of alkyl halides is 5. The number of likely N-dealkylation sites (tertiary alicyclic amines) is 1. The number of anilines is 1. The summed E-state index contributed by atoms with van der Waals surface area (Å²) >= 11 is 0. The Kier molecular flexibility index (Phi) is 7.95. The Hall–Kier alpha value is -3.57. The van der Waals surface area contributed by atoms with E-state index < -0.39 is 48.6 Å². The highest BCUT2D eigenvalue weighted by molar-refractivity contribution is 6.18. The van der Waals surface area contributed by atoms with Crippen LogP contribution in [-0.2, 0) is 11.0 Å². The van der Waals surface area contributed by atoms with Crippen LogP contribution in [0.5, 0.6) is 0 Å². The number of carbonyl (C=O) groups is 1. The molecule has 1 aromatic heterocycles. The van der Waals surface area contributed by atoms with Crippen LogP contribution in [0.1, 0.15) is 30.2 Å². The molecule has 1 aromatic carbocycles. The Bertz CT molecular complexity index is 1130. The van der Waals surface area contributed by atoms with Crippen LogP contribution in [0.25, 0.3) is 5.57 Å². The first-order chi connectivity index (χ1) is 16.8. The molecule has 7 nitrogen and oxygen atoms in total. The standard InChI is InChI=1S/C24H27F5N6O/c1-14-4-6-16(7-5-14)17(9-31-3)21(30)22(36)35-13-23(25,26)8-15(2)18(35)10-33-20-12-32-19(11-34-20)24(27,28)29/h4-7,9,11-12,15,18H,8,10,13,30H2,1-3H3,(H,33,34). The molecule has 0 saturated carbocycles. The number of nitrogens with zero attached hydrogens (tertiary/aromatic N) is 4. The molecule has 2 atom stereocenters. The lowest BCUT2D eigenvalue weighted by Gasteiger charge is -2.43. The van der Waals surface area contributed by atoms with Gasteiger partial charge < -0.3 is 16.0 Å². The van der Waals surface area contributed by atoms with Gasteiger partial charge in [0.05, 0.1) is 25.0 Å². The van der Waals surface area contributed by atoms with Crippen molar-refractivity contribution in [2.45, 2.75) is 38.4 Å². The average Bonchev–Trinajstić information content (AvgIpc) is 2.80. The molecule has 0 bridgehead atoms. The van der Waals surface area contributed by atoms with Crippen molar-refractivity contribution in [3.05, 3.63) is 59.2 Å². The van der Waals surface area contributed by atoms with E-state index in [4.69, 9.17) is 5.73 Å². The molecule has 3 rings (SSSR count).